The average Bonchev–Trinajstić information content (AvgIpc) is 2.45. The maximum absolute atomic E-state index is 6.09. The Balaban J connectivity index is 2.73. The Morgan fingerprint density at radius 1 is 1.43 bits per heavy atom. The minimum Gasteiger partial charge on any atom is -0.345 e. The fourth-order valence-corrected chi connectivity index (χ4v) is 2.51. The van der Waals surface area contributed by atoms with Crippen LogP contribution in [-0.4, -0.2) is 11.5 Å². The van der Waals surface area contributed by atoms with Gasteiger partial charge < -0.3 is 10.7 Å². The van der Waals surface area contributed by atoms with Crippen LogP contribution in [0.4, 0.5) is 0 Å². The normalized spacial score (nSPS) is 11.1. The second-order valence-corrected chi connectivity index (χ2v) is 4.35. The van der Waals surface area contributed by atoms with Gasteiger partial charge in [0.1, 0.15) is 5.15 Å². The number of hydrogen-bond donors (Lipinski definition) is 2. The van der Waals surface area contributed by atoms with Crippen LogP contribution in [0.15, 0.2) is 22.7 Å². The van der Waals surface area contributed by atoms with E-state index in [0.717, 1.165) is 27.4 Å². The summed E-state index contributed by atoms with van der Waals surface area (Å²) in [7, 11) is 0. The van der Waals surface area contributed by atoms with Crippen LogP contribution in [0.5, 0.6) is 0 Å². The molecular formula is C10H10BrClN2. The third-order valence-corrected chi connectivity index (χ3v) is 3.20. The second-order valence-electron chi connectivity index (χ2n) is 3.12. The van der Waals surface area contributed by atoms with Crippen molar-refractivity contribution in [3.05, 3.63) is 33.4 Å². The SMILES string of the molecule is NCCc1c(Cl)[nH]c2cccc(Br)c12. The fraction of sp³-hybridized carbons (Fsp3) is 0.200. The quantitative estimate of drug-likeness (QED) is 0.867. The van der Waals surface area contributed by atoms with Gasteiger partial charge in [-0.1, -0.05) is 33.6 Å². The predicted molar refractivity (Wildman–Crippen MR) is 63.8 cm³/mol. The molecule has 0 saturated heterocycles. The van der Waals surface area contributed by atoms with E-state index in [0.29, 0.717) is 11.7 Å². The molecule has 0 radical (unpaired) electrons. The lowest BCUT2D eigenvalue weighted by Crippen LogP contribution is -2.02. The number of hydrogen-bond acceptors (Lipinski definition) is 1. The number of nitrogens with one attached hydrogen (secondary N) is 1. The predicted octanol–water partition coefficient (Wildman–Crippen LogP) is 3.09. The van der Waals surface area contributed by atoms with Gasteiger partial charge in [-0.25, -0.2) is 0 Å². The molecule has 3 N–H and O–H groups in total. The van der Waals surface area contributed by atoms with Crippen LogP contribution in [0, 0.1) is 0 Å². The molecular weight excluding hydrogens is 263 g/mol. The van der Waals surface area contributed by atoms with Crippen molar-refractivity contribution in [1.82, 2.24) is 4.98 Å². The Morgan fingerprint density at radius 3 is 2.93 bits per heavy atom. The third-order valence-electron chi connectivity index (χ3n) is 2.22. The highest BCUT2D eigenvalue weighted by Gasteiger charge is 2.10. The molecule has 1 aromatic heterocycles. The lowest BCUT2D eigenvalue weighted by Gasteiger charge is -1.98. The summed E-state index contributed by atoms with van der Waals surface area (Å²) >= 11 is 9.60. The van der Waals surface area contributed by atoms with Crippen LogP contribution in [0.3, 0.4) is 0 Å². The molecule has 1 aromatic carbocycles. The van der Waals surface area contributed by atoms with E-state index in [1.54, 1.807) is 0 Å². The first-order chi connectivity index (χ1) is 6.74. The van der Waals surface area contributed by atoms with Gasteiger partial charge in [-0.3, -0.25) is 0 Å². The van der Waals surface area contributed by atoms with Gasteiger partial charge >= 0.3 is 0 Å². The van der Waals surface area contributed by atoms with Crippen LogP contribution < -0.4 is 5.73 Å². The topological polar surface area (TPSA) is 41.8 Å². The van der Waals surface area contributed by atoms with Gasteiger partial charge in [-0.05, 0) is 30.7 Å². The van der Waals surface area contributed by atoms with Gasteiger partial charge in [0.05, 0.1) is 0 Å². The van der Waals surface area contributed by atoms with E-state index in [1.165, 1.54) is 0 Å². The zero-order chi connectivity index (χ0) is 10.1. The van der Waals surface area contributed by atoms with Crippen LogP contribution >= 0.6 is 27.5 Å². The molecule has 2 nitrogen and oxygen atoms in total. The van der Waals surface area contributed by atoms with E-state index in [-0.39, 0.29) is 0 Å². The molecule has 74 valence electrons. The average molecular weight is 274 g/mol. The standard InChI is InChI=1S/C10H10BrClN2/c11-7-2-1-3-8-9(7)6(4-5-13)10(12)14-8/h1-3,14H,4-5,13H2. The molecule has 0 aliphatic carbocycles. The van der Waals surface area contributed by atoms with E-state index >= 15 is 0 Å². The number of fused-ring (bicyclic) bond motifs is 1. The van der Waals surface area contributed by atoms with Gasteiger partial charge in [0.15, 0.2) is 0 Å². The van der Waals surface area contributed by atoms with E-state index < -0.39 is 0 Å². The summed E-state index contributed by atoms with van der Waals surface area (Å²) in [4.78, 5) is 3.13. The number of benzene rings is 1. The van der Waals surface area contributed by atoms with Crippen LogP contribution in [0.1, 0.15) is 5.56 Å². The minimum absolute atomic E-state index is 0.605. The third kappa shape index (κ3) is 1.56. The molecule has 0 aliphatic rings. The summed E-state index contributed by atoms with van der Waals surface area (Å²) in [6.45, 7) is 0.605. The van der Waals surface area contributed by atoms with E-state index in [9.17, 15) is 0 Å². The summed E-state index contributed by atoms with van der Waals surface area (Å²) in [6.07, 6.45) is 0.793. The first kappa shape index (κ1) is 10.0. The summed E-state index contributed by atoms with van der Waals surface area (Å²) in [5, 5.41) is 1.83. The van der Waals surface area contributed by atoms with E-state index in [4.69, 9.17) is 17.3 Å². The Morgan fingerprint density at radius 2 is 2.21 bits per heavy atom. The maximum Gasteiger partial charge on any atom is 0.110 e. The van der Waals surface area contributed by atoms with Crippen molar-refractivity contribution >= 4 is 38.4 Å². The Bertz CT molecular complexity index is 464. The fourth-order valence-electron chi connectivity index (χ4n) is 1.62. The molecule has 0 bridgehead atoms. The molecule has 14 heavy (non-hydrogen) atoms. The second kappa shape index (κ2) is 3.93. The highest BCUT2D eigenvalue weighted by atomic mass is 79.9. The van der Waals surface area contributed by atoms with Gasteiger partial charge in [0.25, 0.3) is 0 Å². The van der Waals surface area contributed by atoms with Crippen LogP contribution in [0.2, 0.25) is 5.15 Å². The molecule has 0 atom stereocenters. The highest BCUT2D eigenvalue weighted by Crippen LogP contribution is 2.31. The van der Waals surface area contributed by atoms with Crippen molar-refractivity contribution in [3.63, 3.8) is 0 Å². The molecule has 4 heteroatoms. The number of nitrogens with two attached hydrogens (primary N) is 1. The van der Waals surface area contributed by atoms with Gasteiger partial charge in [0.2, 0.25) is 0 Å². The lowest BCUT2D eigenvalue weighted by molar-refractivity contribution is 0.976. The van der Waals surface area contributed by atoms with Crippen LogP contribution in [-0.2, 0) is 6.42 Å². The number of rotatable bonds is 2. The summed E-state index contributed by atoms with van der Waals surface area (Å²) in [5.41, 5.74) is 7.68. The van der Waals surface area contributed by atoms with Crippen LogP contribution in [0.25, 0.3) is 10.9 Å². The zero-order valence-electron chi connectivity index (χ0n) is 7.48. The first-order valence-corrected chi connectivity index (χ1v) is 5.55. The molecule has 0 saturated carbocycles. The minimum atomic E-state index is 0.605. The summed E-state index contributed by atoms with van der Waals surface area (Å²) < 4.78 is 1.06. The van der Waals surface area contributed by atoms with Crippen molar-refractivity contribution in [1.29, 1.82) is 0 Å². The number of aromatic nitrogens is 1. The molecule has 0 spiro atoms. The Labute approximate surface area is 95.6 Å². The summed E-state index contributed by atoms with van der Waals surface area (Å²) in [5.74, 6) is 0. The maximum atomic E-state index is 6.09. The number of aromatic amines is 1. The largest absolute Gasteiger partial charge is 0.345 e. The first-order valence-electron chi connectivity index (χ1n) is 4.38. The van der Waals surface area contributed by atoms with Crippen molar-refractivity contribution < 1.29 is 0 Å². The molecule has 2 rings (SSSR count). The van der Waals surface area contributed by atoms with Gasteiger partial charge in [-0.2, -0.15) is 0 Å². The molecule has 0 unspecified atom stereocenters. The zero-order valence-corrected chi connectivity index (χ0v) is 9.82. The number of halogens is 2. The number of H-pyrrole nitrogens is 1. The molecule has 1 heterocycles. The molecule has 0 fully saturated rings. The van der Waals surface area contributed by atoms with Crippen molar-refractivity contribution in [3.8, 4) is 0 Å². The van der Waals surface area contributed by atoms with Crippen molar-refractivity contribution in [2.24, 2.45) is 5.73 Å². The summed E-state index contributed by atoms with van der Waals surface area (Å²) in [6, 6.07) is 5.99. The monoisotopic (exact) mass is 272 g/mol. The Kier molecular flexibility index (Phi) is 2.81. The molecule has 2 aromatic rings. The van der Waals surface area contributed by atoms with Gasteiger partial charge in [-0.15, -0.1) is 0 Å². The van der Waals surface area contributed by atoms with E-state index in [1.807, 2.05) is 18.2 Å². The van der Waals surface area contributed by atoms with Crippen molar-refractivity contribution in [2.45, 2.75) is 6.42 Å². The highest BCUT2D eigenvalue weighted by molar-refractivity contribution is 9.10. The molecule has 0 amide bonds. The lowest BCUT2D eigenvalue weighted by atomic mass is 10.1. The van der Waals surface area contributed by atoms with Crippen molar-refractivity contribution in [2.75, 3.05) is 6.54 Å². The van der Waals surface area contributed by atoms with E-state index in [2.05, 4.69) is 20.9 Å². The Hall–Kier alpha value is -0.510. The van der Waals surface area contributed by atoms with Gasteiger partial charge in [0, 0.05) is 15.4 Å². The smallest absolute Gasteiger partial charge is 0.110 e. The molecule has 0 aliphatic heterocycles.